The fraction of sp³-hybridized carbons (Fsp3) is 0.500. The molecule has 1 aromatic heterocycles. The maximum Gasteiger partial charge on any atom is 0.337 e. The molecule has 182 valence electrons. The molecule has 0 bridgehead atoms. The topological polar surface area (TPSA) is 89.0 Å². The Labute approximate surface area is 208 Å². The number of benzene rings is 1. The standard InChI is InChI=1S/C26H31BrN2O5/c1-2-33-25(30)15-22(18-3-4-18)19-7-10-28-24(13-19)34-16-17-8-11-29(12-9-17)23-14-20(27)5-6-21(23)26(31)32/h5-7,10,13-14,17-18,22H,2-4,8-9,11-12,15-16H2,1H3,(H,31,32). The molecule has 2 heterocycles. The number of nitrogens with zero attached hydrogens (tertiary/aromatic N) is 2. The van der Waals surface area contributed by atoms with E-state index >= 15 is 0 Å². The normalized spacial score (nSPS) is 17.3. The molecule has 2 aliphatic rings. The van der Waals surface area contributed by atoms with E-state index < -0.39 is 5.97 Å². The van der Waals surface area contributed by atoms with E-state index in [0.717, 1.165) is 54.5 Å². The van der Waals surface area contributed by atoms with Gasteiger partial charge in [0.15, 0.2) is 0 Å². The molecule has 7 nitrogen and oxygen atoms in total. The van der Waals surface area contributed by atoms with Crippen LogP contribution in [-0.2, 0) is 9.53 Å². The van der Waals surface area contributed by atoms with Crippen LogP contribution >= 0.6 is 15.9 Å². The Hall–Kier alpha value is -2.61. The summed E-state index contributed by atoms with van der Waals surface area (Å²) in [6, 6.07) is 9.23. The molecule has 0 spiro atoms. The molecule has 1 aliphatic heterocycles. The quantitative estimate of drug-likeness (QED) is 0.417. The second-order valence-corrected chi connectivity index (χ2v) is 10.0. The van der Waals surface area contributed by atoms with E-state index in [9.17, 15) is 14.7 Å². The van der Waals surface area contributed by atoms with Crippen LogP contribution in [0.1, 0.15) is 60.9 Å². The summed E-state index contributed by atoms with van der Waals surface area (Å²) in [5.41, 5.74) is 2.17. The van der Waals surface area contributed by atoms with Gasteiger partial charge < -0.3 is 19.5 Å². The van der Waals surface area contributed by atoms with Crippen molar-refractivity contribution >= 4 is 33.6 Å². The Balaban J connectivity index is 1.33. The minimum Gasteiger partial charge on any atom is -0.478 e. The van der Waals surface area contributed by atoms with Crippen molar-refractivity contribution in [2.24, 2.45) is 11.8 Å². The van der Waals surface area contributed by atoms with Crippen LogP contribution in [0.2, 0.25) is 0 Å². The highest BCUT2D eigenvalue weighted by atomic mass is 79.9. The summed E-state index contributed by atoms with van der Waals surface area (Å²) >= 11 is 3.45. The van der Waals surface area contributed by atoms with Crippen LogP contribution in [0.5, 0.6) is 5.88 Å². The molecule has 2 fully saturated rings. The Morgan fingerprint density at radius 2 is 1.94 bits per heavy atom. The number of carbonyl (C=O) groups excluding carboxylic acids is 1. The molecule has 1 N–H and O–H groups in total. The Morgan fingerprint density at radius 3 is 2.62 bits per heavy atom. The number of piperidine rings is 1. The molecular formula is C26H31BrN2O5. The number of esters is 1. The molecule has 1 aromatic carbocycles. The SMILES string of the molecule is CCOC(=O)CC(c1ccnc(OCC2CCN(c3cc(Br)ccc3C(=O)O)CC2)c1)C1CC1. The number of hydrogen-bond donors (Lipinski definition) is 1. The number of carboxylic acids is 1. The Morgan fingerprint density at radius 1 is 1.18 bits per heavy atom. The van der Waals surface area contributed by atoms with Gasteiger partial charge >= 0.3 is 11.9 Å². The first-order valence-electron chi connectivity index (χ1n) is 12.0. The van der Waals surface area contributed by atoms with E-state index in [2.05, 4.69) is 25.8 Å². The maximum atomic E-state index is 12.1. The van der Waals surface area contributed by atoms with Gasteiger partial charge in [0, 0.05) is 29.8 Å². The van der Waals surface area contributed by atoms with Gasteiger partial charge in [0.25, 0.3) is 0 Å². The van der Waals surface area contributed by atoms with Gasteiger partial charge in [-0.15, -0.1) is 0 Å². The molecule has 2 aromatic rings. The lowest BCUT2D eigenvalue weighted by atomic mass is 9.92. The van der Waals surface area contributed by atoms with Crippen molar-refractivity contribution in [3.63, 3.8) is 0 Å². The molecular weight excluding hydrogens is 500 g/mol. The molecule has 4 rings (SSSR count). The number of aromatic carboxylic acids is 1. The number of rotatable bonds is 10. The van der Waals surface area contributed by atoms with Gasteiger partial charge in [0.1, 0.15) is 0 Å². The van der Waals surface area contributed by atoms with Crippen LogP contribution in [0, 0.1) is 11.8 Å². The van der Waals surface area contributed by atoms with E-state index in [-0.39, 0.29) is 11.9 Å². The van der Waals surface area contributed by atoms with E-state index in [1.54, 1.807) is 18.3 Å². The fourth-order valence-corrected chi connectivity index (χ4v) is 5.03. The predicted octanol–water partition coefficient (Wildman–Crippen LogP) is 5.28. The second kappa shape index (κ2) is 11.2. The van der Waals surface area contributed by atoms with Gasteiger partial charge in [0.2, 0.25) is 5.88 Å². The minimum atomic E-state index is -0.911. The van der Waals surface area contributed by atoms with Crippen molar-refractivity contribution in [1.29, 1.82) is 0 Å². The van der Waals surface area contributed by atoms with Crippen molar-refractivity contribution in [2.75, 3.05) is 31.2 Å². The van der Waals surface area contributed by atoms with Gasteiger partial charge in [-0.25, -0.2) is 9.78 Å². The van der Waals surface area contributed by atoms with Crippen LogP contribution in [0.4, 0.5) is 5.69 Å². The lowest BCUT2D eigenvalue weighted by Gasteiger charge is -2.34. The highest BCUT2D eigenvalue weighted by molar-refractivity contribution is 9.10. The zero-order valence-electron chi connectivity index (χ0n) is 19.4. The van der Waals surface area contributed by atoms with Crippen LogP contribution in [0.15, 0.2) is 41.0 Å². The predicted molar refractivity (Wildman–Crippen MR) is 132 cm³/mol. The first kappa shape index (κ1) is 24.5. The number of pyridine rings is 1. The molecule has 0 radical (unpaired) electrons. The van der Waals surface area contributed by atoms with Crippen molar-refractivity contribution in [1.82, 2.24) is 4.98 Å². The summed E-state index contributed by atoms with van der Waals surface area (Å²) in [4.78, 5) is 30.2. The van der Waals surface area contributed by atoms with E-state index in [1.165, 1.54) is 0 Å². The highest BCUT2D eigenvalue weighted by Gasteiger charge is 2.34. The van der Waals surface area contributed by atoms with Gasteiger partial charge in [0.05, 0.1) is 30.9 Å². The third kappa shape index (κ3) is 6.29. The van der Waals surface area contributed by atoms with Crippen LogP contribution < -0.4 is 9.64 Å². The van der Waals surface area contributed by atoms with E-state index in [0.29, 0.717) is 42.9 Å². The molecule has 1 unspecified atom stereocenters. The Kier molecular flexibility index (Phi) is 8.08. The molecule has 1 aliphatic carbocycles. The van der Waals surface area contributed by atoms with Crippen LogP contribution in [-0.4, -0.2) is 48.3 Å². The number of ether oxygens (including phenoxy) is 2. The summed E-state index contributed by atoms with van der Waals surface area (Å²) in [7, 11) is 0. The summed E-state index contributed by atoms with van der Waals surface area (Å²) in [6.45, 7) is 4.36. The number of aromatic nitrogens is 1. The molecule has 8 heteroatoms. The maximum absolute atomic E-state index is 12.1. The fourth-order valence-electron chi connectivity index (χ4n) is 4.68. The third-order valence-corrected chi connectivity index (χ3v) is 7.18. The lowest BCUT2D eigenvalue weighted by Crippen LogP contribution is -2.36. The van der Waals surface area contributed by atoms with Crippen LogP contribution in [0.25, 0.3) is 0 Å². The second-order valence-electron chi connectivity index (χ2n) is 9.09. The number of hydrogen-bond acceptors (Lipinski definition) is 6. The largest absolute Gasteiger partial charge is 0.478 e. The van der Waals surface area contributed by atoms with Gasteiger partial charge in [-0.2, -0.15) is 0 Å². The average Bonchev–Trinajstić information content (AvgIpc) is 3.67. The highest BCUT2D eigenvalue weighted by Crippen LogP contribution is 2.45. The molecule has 34 heavy (non-hydrogen) atoms. The van der Waals surface area contributed by atoms with Gasteiger partial charge in [-0.05, 0) is 80.2 Å². The number of carboxylic acid groups (broad SMARTS) is 1. The summed E-state index contributed by atoms with van der Waals surface area (Å²) in [5, 5.41) is 9.53. The van der Waals surface area contributed by atoms with Gasteiger partial charge in [-0.3, -0.25) is 4.79 Å². The first-order valence-corrected chi connectivity index (χ1v) is 12.8. The molecule has 1 saturated heterocycles. The molecule has 1 atom stereocenters. The number of carbonyl (C=O) groups is 2. The zero-order chi connectivity index (χ0) is 24.1. The number of halogens is 1. The van der Waals surface area contributed by atoms with Crippen molar-refractivity contribution < 1.29 is 24.2 Å². The summed E-state index contributed by atoms with van der Waals surface area (Å²) in [6.07, 6.45) is 6.27. The van der Waals surface area contributed by atoms with Crippen LogP contribution in [0.3, 0.4) is 0 Å². The monoisotopic (exact) mass is 530 g/mol. The van der Waals surface area contributed by atoms with Crippen molar-refractivity contribution in [3.05, 3.63) is 52.1 Å². The van der Waals surface area contributed by atoms with Gasteiger partial charge in [-0.1, -0.05) is 15.9 Å². The summed E-state index contributed by atoms with van der Waals surface area (Å²) < 4.78 is 12.1. The summed E-state index contributed by atoms with van der Waals surface area (Å²) in [5.74, 6) is 0.586. The zero-order valence-corrected chi connectivity index (χ0v) is 21.0. The third-order valence-electron chi connectivity index (χ3n) is 6.68. The number of anilines is 1. The Bertz CT molecular complexity index is 1020. The average molecular weight is 531 g/mol. The smallest absolute Gasteiger partial charge is 0.337 e. The lowest BCUT2D eigenvalue weighted by molar-refractivity contribution is -0.143. The molecule has 1 saturated carbocycles. The molecule has 0 amide bonds. The van der Waals surface area contributed by atoms with Crippen molar-refractivity contribution in [2.45, 2.75) is 44.9 Å². The van der Waals surface area contributed by atoms with E-state index in [1.807, 2.05) is 25.1 Å². The minimum absolute atomic E-state index is 0.151. The van der Waals surface area contributed by atoms with Crippen molar-refractivity contribution in [3.8, 4) is 5.88 Å². The first-order chi connectivity index (χ1) is 16.4. The van der Waals surface area contributed by atoms with E-state index in [4.69, 9.17) is 9.47 Å².